The lowest BCUT2D eigenvalue weighted by Gasteiger charge is -2.22. The normalized spacial score (nSPS) is 13.8. The molecule has 1 aliphatic carbocycles. The molecule has 19 heavy (non-hydrogen) atoms. The van der Waals surface area contributed by atoms with Gasteiger partial charge in [0.2, 0.25) is 0 Å². The molecule has 1 aromatic rings. The SMILES string of the molecule is C=C(C)CN(CC)C(=O)c1ccc2c(c1)CCCC2. The van der Waals surface area contributed by atoms with E-state index in [0.717, 1.165) is 30.5 Å². The molecule has 0 spiro atoms. The molecule has 0 aliphatic heterocycles. The Labute approximate surface area is 116 Å². The third-order valence-electron chi connectivity index (χ3n) is 3.73. The lowest BCUT2D eigenvalue weighted by Crippen LogP contribution is -2.32. The second-order valence-corrected chi connectivity index (χ2v) is 5.47. The van der Waals surface area contributed by atoms with Crippen LogP contribution >= 0.6 is 0 Å². The zero-order valence-corrected chi connectivity index (χ0v) is 12.0. The Kier molecular flexibility index (Phi) is 4.41. The Morgan fingerprint density at radius 1 is 1.26 bits per heavy atom. The van der Waals surface area contributed by atoms with Crippen LogP contribution in [0.4, 0.5) is 0 Å². The minimum atomic E-state index is 0.124. The van der Waals surface area contributed by atoms with Crippen molar-refractivity contribution in [3.63, 3.8) is 0 Å². The summed E-state index contributed by atoms with van der Waals surface area (Å²) in [6.07, 6.45) is 4.79. The van der Waals surface area contributed by atoms with Crippen LogP contribution in [0, 0.1) is 0 Å². The van der Waals surface area contributed by atoms with Crippen LogP contribution in [0.15, 0.2) is 30.4 Å². The second kappa shape index (κ2) is 6.05. The topological polar surface area (TPSA) is 20.3 Å². The van der Waals surface area contributed by atoms with Crippen LogP contribution in [0.5, 0.6) is 0 Å². The van der Waals surface area contributed by atoms with Gasteiger partial charge in [-0.3, -0.25) is 4.79 Å². The van der Waals surface area contributed by atoms with E-state index in [1.54, 1.807) is 0 Å². The number of hydrogen-bond acceptors (Lipinski definition) is 1. The van der Waals surface area contributed by atoms with Crippen molar-refractivity contribution >= 4 is 5.91 Å². The van der Waals surface area contributed by atoms with Crippen LogP contribution in [-0.4, -0.2) is 23.9 Å². The molecule has 2 nitrogen and oxygen atoms in total. The summed E-state index contributed by atoms with van der Waals surface area (Å²) >= 11 is 0. The van der Waals surface area contributed by atoms with Gasteiger partial charge in [0.05, 0.1) is 0 Å². The van der Waals surface area contributed by atoms with Crippen LogP contribution < -0.4 is 0 Å². The fraction of sp³-hybridized carbons (Fsp3) is 0.471. The van der Waals surface area contributed by atoms with E-state index >= 15 is 0 Å². The first-order valence-electron chi connectivity index (χ1n) is 7.17. The summed E-state index contributed by atoms with van der Waals surface area (Å²) in [7, 11) is 0. The fourth-order valence-electron chi connectivity index (χ4n) is 2.70. The van der Waals surface area contributed by atoms with E-state index in [-0.39, 0.29) is 5.91 Å². The highest BCUT2D eigenvalue weighted by atomic mass is 16.2. The van der Waals surface area contributed by atoms with E-state index in [2.05, 4.69) is 18.7 Å². The van der Waals surface area contributed by atoms with Crippen molar-refractivity contribution < 1.29 is 4.79 Å². The van der Waals surface area contributed by atoms with E-state index in [4.69, 9.17) is 0 Å². The van der Waals surface area contributed by atoms with Gasteiger partial charge in [0.15, 0.2) is 0 Å². The van der Waals surface area contributed by atoms with Gasteiger partial charge in [-0.1, -0.05) is 18.2 Å². The zero-order valence-electron chi connectivity index (χ0n) is 12.0. The minimum Gasteiger partial charge on any atom is -0.335 e. The first-order chi connectivity index (χ1) is 9.11. The summed E-state index contributed by atoms with van der Waals surface area (Å²) in [5, 5.41) is 0. The number of hydrogen-bond donors (Lipinski definition) is 0. The summed E-state index contributed by atoms with van der Waals surface area (Å²) in [4.78, 5) is 14.3. The quantitative estimate of drug-likeness (QED) is 0.755. The predicted octanol–water partition coefficient (Wildman–Crippen LogP) is 3.60. The highest BCUT2D eigenvalue weighted by Gasteiger charge is 2.17. The zero-order chi connectivity index (χ0) is 13.8. The molecule has 0 aromatic heterocycles. The number of aryl methyl sites for hydroxylation is 2. The highest BCUT2D eigenvalue weighted by Crippen LogP contribution is 2.22. The molecule has 0 heterocycles. The number of carbonyl (C=O) groups excluding carboxylic acids is 1. The number of benzene rings is 1. The maximum Gasteiger partial charge on any atom is 0.254 e. The van der Waals surface area contributed by atoms with Crippen molar-refractivity contribution in [2.75, 3.05) is 13.1 Å². The Morgan fingerprint density at radius 3 is 2.58 bits per heavy atom. The number of amides is 1. The van der Waals surface area contributed by atoms with Gasteiger partial charge in [-0.05, 0) is 62.8 Å². The van der Waals surface area contributed by atoms with Gasteiger partial charge in [0.1, 0.15) is 0 Å². The van der Waals surface area contributed by atoms with Gasteiger partial charge >= 0.3 is 0 Å². The Morgan fingerprint density at radius 2 is 1.95 bits per heavy atom. The lowest BCUT2D eigenvalue weighted by atomic mass is 9.90. The van der Waals surface area contributed by atoms with E-state index in [1.165, 1.54) is 24.0 Å². The van der Waals surface area contributed by atoms with Crippen molar-refractivity contribution in [3.8, 4) is 0 Å². The Hall–Kier alpha value is -1.57. The Balaban J connectivity index is 2.20. The average Bonchev–Trinajstić information content (AvgIpc) is 2.43. The van der Waals surface area contributed by atoms with Crippen molar-refractivity contribution in [2.24, 2.45) is 0 Å². The van der Waals surface area contributed by atoms with Crippen molar-refractivity contribution in [1.82, 2.24) is 4.90 Å². The predicted molar refractivity (Wildman–Crippen MR) is 79.5 cm³/mol. The molecule has 0 unspecified atom stereocenters. The minimum absolute atomic E-state index is 0.124. The molecule has 0 N–H and O–H groups in total. The van der Waals surface area contributed by atoms with Gasteiger partial charge in [0, 0.05) is 18.7 Å². The molecule has 1 aliphatic rings. The number of nitrogens with zero attached hydrogens (tertiary/aromatic N) is 1. The first kappa shape index (κ1) is 13.9. The lowest BCUT2D eigenvalue weighted by molar-refractivity contribution is 0.0778. The number of likely N-dealkylation sites (N-methyl/N-ethyl adjacent to an activating group) is 1. The fourth-order valence-corrected chi connectivity index (χ4v) is 2.70. The molecule has 0 atom stereocenters. The third-order valence-corrected chi connectivity index (χ3v) is 3.73. The molecule has 0 saturated carbocycles. The smallest absolute Gasteiger partial charge is 0.254 e. The maximum absolute atomic E-state index is 12.5. The van der Waals surface area contributed by atoms with Crippen LogP contribution in [0.1, 0.15) is 48.2 Å². The molecule has 2 rings (SSSR count). The molecular weight excluding hydrogens is 234 g/mol. The molecule has 0 bridgehead atoms. The van der Waals surface area contributed by atoms with Crippen molar-refractivity contribution in [1.29, 1.82) is 0 Å². The van der Waals surface area contributed by atoms with Gasteiger partial charge < -0.3 is 4.90 Å². The summed E-state index contributed by atoms with van der Waals surface area (Å²) in [5.41, 5.74) is 4.63. The molecule has 0 saturated heterocycles. The summed E-state index contributed by atoms with van der Waals surface area (Å²) in [6.45, 7) is 9.24. The van der Waals surface area contributed by atoms with Crippen LogP contribution in [-0.2, 0) is 12.8 Å². The van der Waals surface area contributed by atoms with E-state index in [0.29, 0.717) is 6.54 Å². The van der Waals surface area contributed by atoms with Crippen LogP contribution in [0.2, 0.25) is 0 Å². The molecule has 102 valence electrons. The van der Waals surface area contributed by atoms with Gasteiger partial charge in [-0.15, -0.1) is 0 Å². The molecule has 2 heteroatoms. The van der Waals surface area contributed by atoms with Crippen LogP contribution in [0.3, 0.4) is 0 Å². The standard InChI is InChI=1S/C17H23NO/c1-4-18(12-13(2)3)17(19)16-10-9-14-7-5-6-8-15(14)11-16/h9-11H,2,4-8,12H2,1,3H3. The molecule has 0 fully saturated rings. The van der Waals surface area contributed by atoms with Crippen molar-refractivity contribution in [3.05, 3.63) is 47.0 Å². The van der Waals surface area contributed by atoms with Crippen molar-refractivity contribution in [2.45, 2.75) is 39.5 Å². The van der Waals surface area contributed by atoms with Gasteiger partial charge in [-0.2, -0.15) is 0 Å². The van der Waals surface area contributed by atoms with Crippen LogP contribution in [0.25, 0.3) is 0 Å². The first-order valence-corrected chi connectivity index (χ1v) is 7.17. The summed E-state index contributed by atoms with van der Waals surface area (Å²) < 4.78 is 0. The Bertz CT molecular complexity index is 490. The highest BCUT2D eigenvalue weighted by molar-refractivity contribution is 5.94. The second-order valence-electron chi connectivity index (χ2n) is 5.47. The maximum atomic E-state index is 12.5. The molecule has 1 aromatic carbocycles. The van der Waals surface area contributed by atoms with E-state index in [9.17, 15) is 4.79 Å². The summed E-state index contributed by atoms with van der Waals surface area (Å²) in [5.74, 6) is 0.124. The number of fused-ring (bicyclic) bond motifs is 1. The summed E-state index contributed by atoms with van der Waals surface area (Å²) in [6, 6.07) is 6.21. The monoisotopic (exact) mass is 257 g/mol. The van der Waals surface area contributed by atoms with Gasteiger partial charge in [0.25, 0.3) is 5.91 Å². The average molecular weight is 257 g/mol. The largest absolute Gasteiger partial charge is 0.335 e. The van der Waals surface area contributed by atoms with E-state index in [1.807, 2.05) is 24.8 Å². The third kappa shape index (κ3) is 3.25. The molecule has 0 radical (unpaired) electrons. The number of carbonyl (C=O) groups is 1. The van der Waals surface area contributed by atoms with E-state index < -0.39 is 0 Å². The molecular formula is C17H23NO. The molecule has 1 amide bonds. The number of rotatable bonds is 4. The van der Waals surface area contributed by atoms with Gasteiger partial charge in [-0.25, -0.2) is 0 Å².